The fourth-order valence-electron chi connectivity index (χ4n) is 2.22. The minimum Gasteiger partial charge on any atom is -0.382 e. The molecular weight excluding hydrogens is 318 g/mol. The summed E-state index contributed by atoms with van der Waals surface area (Å²) in [4.78, 5) is 4.24. The third-order valence-corrected chi connectivity index (χ3v) is 3.66. The van der Waals surface area contributed by atoms with Crippen molar-refractivity contribution in [2.45, 2.75) is 32.7 Å². The molecule has 0 spiro atoms. The zero-order chi connectivity index (χ0) is 18.0. The number of aliphatic imine (C=N–C) groups is 1. The summed E-state index contributed by atoms with van der Waals surface area (Å²) in [6, 6.07) is 11.6. The van der Waals surface area contributed by atoms with Crippen molar-refractivity contribution in [1.29, 1.82) is 0 Å². The number of nitrogens with zero attached hydrogens (tertiary/aromatic N) is 5. The minimum atomic E-state index is -0.159. The van der Waals surface area contributed by atoms with Gasteiger partial charge < -0.3 is 16.0 Å². The molecule has 0 aliphatic carbocycles. The van der Waals surface area contributed by atoms with Crippen LogP contribution in [0.3, 0.4) is 0 Å². The van der Waals surface area contributed by atoms with Gasteiger partial charge >= 0.3 is 0 Å². The molecule has 1 aromatic carbocycles. The van der Waals surface area contributed by atoms with Crippen molar-refractivity contribution in [3.05, 3.63) is 53.4 Å². The van der Waals surface area contributed by atoms with E-state index in [4.69, 9.17) is 16.0 Å². The Balaban J connectivity index is 1.83. The molecule has 0 aliphatic heterocycles. The molecule has 2 heterocycles. The average Bonchev–Trinajstić information content (AvgIpc) is 3.16. The Hall–Kier alpha value is -3.16. The monoisotopic (exact) mass is 339 g/mol. The van der Waals surface area contributed by atoms with Gasteiger partial charge in [0.15, 0.2) is 23.2 Å². The topological polar surface area (TPSA) is 121 Å². The third kappa shape index (κ3) is 3.68. The SMILES string of the molecule is CC(C)(C)c1cc(N=C(N)c2nnn(Cc3ccccc3)c2N)no1. The minimum absolute atomic E-state index is 0.144. The summed E-state index contributed by atoms with van der Waals surface area (Å²) < 4.78 is 6.87. The lowest BCUT2D eigenvalue weighted by atomic mass is 9.93. The highest BCUT2D eigenvalue weighted by molar-refractivity contribution is 6.00. The molecule has 25 heavy (non-hydrogen) atoms. The number of benzene rings is 1. The molecule has 0 saturated heterocycles. The van der Waals surface area contributed by atoms with Crippen LogP contribution in [0.1, 0.15) is 37.8 Å². The first-order chi connectivity index (χ1) is 11.8. The second-order valence-corrected chi connectivity index (χ2v) is 6.76. The summed E-state index contributed by atoms with van der Waals surface area (Å²) in [5, 5.41) is 12.0. The Morgan fingerprint density at radius 2 is 1.96 bits per heavy atom. The van der Waals surface area contributed by atoms with E-state index in [-0.39, 0.29) is 11.3 Å². The summed E-state index contributed by atoms with van der Waals surface area (Å²) in [6.07, 6.45) is 0. The van der Waals surface area contributed by atoms with Crippen LogP contribution < -0.4 is 11.5 Å². The predicted molar refractivity (Wildman–Crippen MR) is 95.6 cm³/mol. The first kappa shape index (κ1) is 16.7. The van der Waals surface area contributed by atoms with Crippen molar-refractivity contribution in [2.24, 2.45) is 10.7 Å². The Labute approximate surface area is 145 Å². The number of nitrogens with two attached hydrogens (primary N) is 2. The van der Waals surface area contributed by atoms with E-state index >= 15 is 0 Å². The molecule has 2 aromatic heterocycles. The van der Waals surface area contributed by atoms with Gasteiger partial charge in [0.05, 0.1) is 6.54 Å². The number of anilines is 1. The van der Waals surface area contributed by atoms with E-state index in [1.165, 1.54) is 0 Å². The van der Waals surface area contributed by atoms with Crippen LogP contribution in [0, 0.1) is 0 Å². The Kier molecular flexibility index (Phi) is 4.26. The largest absolute Gasteiger partial charge is 0.382 e. The van der Waals surface area contributed by atoms with Gasteiger partial charge in [-0.05, 0) is 5.56 Å². The van der Waals surface area contributed by atoms with Crippen molar-refractivity contribution >= 4 is 17.5 Å². The molecule has 0 bridgehead atoms. The van der Waals surface area contributed by atoms with Gasteiger partial charge in [-0.3, -0.25) is 0 Å². The van der Waals surface area contributed by atoms with Gasteiger partial charge in [-0.15, -0.1) is 5.10 Å². The lowest BCUT2D eigenvalue weighted by Gasteiger charge is -2.11. The second-order valence-electron chi connectivity index (χ2n) is 6.76. The normalized spacial score (nSPS) is 12.5. The summed E-state index contributed by atoms with van der Waals surface area (Å²) in [5.74, 6) is 1.59. The van der Waals surface area contributed by atoms with E-state index in [0.717, 1.165) is 11.3 Å². The first-order valence-electron chi connectivity index (χ1n) is 7.89. The van der Waals surface area contributed by atoms with Crippen molar-refractivity contribution in [3.63, 3.8) is 0 Å². The molecule has 8 heteroatoms. The Morgan fingerprint density at radius 3 is 2.60 bits per heavy atom. The molecule has 4 N–H and O–H groups in total. The van der Waals surface area contributed by atoms with E-state index < -0.39 is 0 Å². The van der Waals surface area contributed by atoms with Gasteiger partial charge in [-0.1, -0.05) is 61.5 Å². The van der Waals surface area contributed by atoms with Gasteiger partial charge in [-0.25, -0.2) is 9.67 Å². The van der Waals surface area contributed by atoms with E-state index in [2.05, 4.69) is 20.5 Å². The van der Waals surface area contributed by atoms with Gasteiger partial charge in [0, 0.05) is 11.5 Å². The molecule has 0 amide bonds. The van der Waals surface area contributed by atoms with Crippen LogP contribution in [0.15, 0.2) is 45.9 Å². The molecular formula is C17H21N7O. The van der Waals surface area contributed by atoms with Crippen LogP contribution in [0.5, 0.6) is 0 Å². The highest BCUT2D eigenvalue weighted by Gasteiger charge is 2.20. The number of rotatable bonds is 4. The maximum absolute atomic E-state index is 6.11. The van der Waals surface area contributed by atoms with Crippen LogP contribution in [-0.2, 0) is 12.0 Å². The smallest absolute Gasteiger partial charge is 0.197 e. The predicted octanol–water partition coefficient (Wildman–Crippen LogP) is 2.23. The van der Waals surface area contributed by atoms with Gasteiger partial charge in [-0.2, -0.15) is 0 Å². The van der Waals surface area contributed by atoms with E-state index in [1.807, 2.05) is 51.1 Å². The summed E-state index contributed by atoms with van der Waals surface area (Å²) in [7, 11) is 0. The molecule has 130 valence electrons. The van der Waals surface area contributed by atoms with Crippen LogP contribution in [0.25, 0.3) is 0 Å². The van der Waals surface area contributed by atoms with Crippen LogP contribution in [0.2, 0.25) is 0 Å². The van der Waals surface area contributed by atoms with Crippen molar-refractivity contribution in [3.8, 4) is 0 Å². The highest BCUT2D eigenvalue weighted by atomic mass is 16.5. The standard InChI is InChI=1S/C17H21N7O/c1-17(2,3)12-9-13(22-25-12)20-15(18)14-16(19)24(23-21-14)10-11-7-5-4-6-8-11/h4-9H,10,19H2,1-3H3,(H2,18,20,22). The summed E-state index contributed by atoms with van der Waals surface area (Å²) >= 11 is 0. The summed E-state index contributed by atoms with van der Waals surface area (Å²) in [5.41, 5.74) is 13.4. The Bertz CT molecular complexity index is 887. The van der Waals surface area contributed by atoms with Crippen LogP contribution >= 0.6 is 0 Å². The van der Waals surface area contributed by atoms with Crippen molar-refractivity contribution < 1.29 is 4.52 Å². The number of hydrogen-bond acceptors (Lipinski definition) is 6. The van der Waals surface area contributed by atoms with Gasteiger partial charge in [0.2, 0.25) is 0 Å². The molecule has 0 radical (unpaired) electrons. The van der Waals surface area contributed by atoms with Crippen molar-refractivity contribution in [2.75, 3.05) is 5.73 Å². The van der Waals surface area contributed by atoms with Crippen molar-refractivity contribution in [1.82, 2.24) is 20.2 Å². The maximum Gasteiger partial charge on any atom is 0.197 e. The zero-order valence-electron chi connectivity index (χ0n) is 14.5. The van der Waals surface area contributed by atoms with Gasteiger partial charge in [0.1, 0.15) is 5.76 Å². The molecule has 3 rings (SSSR count). The molecule has 0 aliphatic rings. The highest BCUT2D eigenvalue weighted by Crippen LogP contribution is 2.25. The van der Waals surface area contributed by atoms with Crippen LogP contribution in [-0.4, -0.2) is 26.0 Å². The Morgan fingerprint density at radius 1 is 1.24 bits per heavy atom. The molecule has 0 unspecified atom stereocenters. The number of amidine groups is 1. The summed E-state index contributed by atoms with van der Waals surface area (Å²) in [6.45, 7) is 6.58. The zero-order valence-corrected chi connectivity index (χ0v) is 14.5. The molecule has 0 saturated carbocycles. The second kappa shape index (κ2) is 6.39. The van der Waals surface area contributed by atoms with E-state index in [9.17, 15) is 0 Å². The quantitative estimate of drug-likeness (QED) is 0.555. The molecule has 3 aromatic rings. The molecule has 0 atom stereocenters. The maximum atomic E-state index is 6.11. The van der Waals surface area contributed by atoms with E-state index in [1.54, 1.807) is 10.7 Å². The lowest BCUT2D eigenvalue weighted by Crippen LogP contribution is -2.16. The molecule has 8 nitrogen and oxygen atoms in total. The number of nitrogen functional groups attached to an aromatic ring is 1. The third-order valence-electron chi connectivity index (χ3n) is 3.66. The van der Waals surface area contributed by atoms with E-state index in [0.29, 0.717) is 23.9 Å². The van der Waals surface area contributed by atoms with Gasteiger partial charge in [0.25, 0.3) is 0 Å². The number of hydrogen-bond donors (Lipinski definition) is 2. The first-order valence-corrected chi connectivity index (χ1v) is 7.89. The fourth-order valence-corrected chi connectivity index (χ4v) is 2.22. The fraction of sp³-hybridized carbons (Fsp3) is 0.294. The number of aromatic nitrogens is 4. The molecule has 0 fully saturated rings. The van der Waals surface area contributed by atoms with Crippen LogP contribution in [0.4, 0.5) is 11.6 Å². The lowest BCUT2D eigenvalue weighted by molar-refractivity contribution is 0.330. The average molecular weight is 339 g/mol.